The number of ether oxygens (including phenoxy) is 1. The minimum absolute atomic E-state index is 0.0499. The molecule has 3 unspecified atom stereocenters. The molecule has 0 amide bonds. The Hall–Kier alpha value is -1.82. The van der Waals surface area contributed by atoms with Gasteiger partial charge in [-0.25, -0.2) is 22.0 Å². The van der Waals surface area contributed by atoms with Gasteiger partial charge in [-0.05, 0) is 43.4 Å². The van der Waals surface area contributed by atoms with Crippen LogP contribution in [0.2, 0.25) is 0 Å². The Morgan fingerprint density at radius 2 is 1.73 bits per heavy atom. The highest BCUT2D eigenvalue weighted by Gasteiger charge is 2.45. The predicted octanol–water partition coefficient (Wildman–Crippen LogP) is 2.04. The van der Waals surface area contributed by atoms with Crippen molar-refractivity contribution in [1.29, 1.82) is 0 Å². The maximum atomic E-state index is 13.2. The quantitative estimate of drug-likeness (QED) is 0.606. The number of hydrogen-bond acceptors (Lipinski definition) is 6. The molecule has 2 fully saturated rings. The van der Waals surface area contributed by atoms with Gasteiger partial charge in [-0.2, -0.15) is 4.31 Å². The van der Waals surface area contributed by atoms with Gasteiger partial charge in [-0.3, -0.25) is 0 Å². The summed E-state index contributed by atoms with van der Waals surface area (Å²) >= 11 is 0. The van der Waals surface area contributed by atoms with Crippen molar-refractivity contribution in [2.24, 2.45) is 11.1 Å². The molecule has 0 bridgehead atoms. The fourth-order valence-corrected chi connectivity index (χ4v) is 6.90. The lowest BCUT2D eigenvalue weighted by molar-refractivity contribution is -0.00577. The summed E-state index contributed by atoms with van der Waals surface area (Å²) in [5.74, 6) is -0.431. The van der Waals surface area contributed by atoms with Gasteiger partial charge in [0.15, 0.2) is 0 Å². The van der Waals surface area contributed by atoms with Crippen LogP contribution in [0.25, 0.3) is 11.1 Å². The standard InChI is InChI=1S/C23H30N2O6S2/c1-17(32(24,27)28)14-20-15-31-16-23(20,26)19-10-8-18(9-11-19)21-6-2-3-7-22(21)33(29,30)25-12-4-5-13-25/h2-3,6-11,17,20,26H,4-5,12-16H2,1H3,(H2,24,27,28). The van der Waals surface area contributed by atoms with Gasteiger partial charge in [0.2, 0.25) is 20.0 Å². The summed E-state index contributed by atoms with van der Waals surface area (Å²) in [5, 5.41) is 15.8. The molecular formula is C23H30N2O6S2. The molecule has 0 spiro atoms. The van der Waals surface area contributed by atoms with E-state index in [4.69, 9.17) is 9.88 Å². The fourth-order valence-electron chi connectivity index (χ4n) is 4.67. The summed E-state index contributed by atoms with van der Waals surface area (Å²) < 4.78 is 56.8. The summed E-state index contributed by atoms with van der Waals surface area (Å²) in [6.07, 6.45) is 1.90. The van der Waals surface area contributed by atoms with E-state index in [9.17, 15) is 21.9 Å². The number of rotatable bonds is 7. The maximum absolute atomic E-state index is 13.2. The third kappa shape index (κ3) is 4.73. The minimum Gasteiger partial charge on any atom is -0.382 e. The number of aliphatic hydroxyl groups is 1. The van der Waals surface area contributed by atoms with E-state index in [0.717, 1.165) is 12.8 Å². The van der Waals surface area contributed by atoms with E-state index in [0.29, 0.717) is 29.8 Å². The zero-order valence-corrected chi connectivity index (χ0v) is 20.2. The number of nitrogens with zero attached hydrogens (tertiary/aromatic N) is 1. The molecule has 3 N–H and O–H groups in total. The first-order chi connectivity index (χ1) is 15.5. The predicted molar refractivity (Wildman–Crippen MR) is 125 cm³/mol. The normalized spacial score (nSPS) is 25.4. The second kappa shape index (κ2) is 9.09. The molecule has 8 nitrogen and oxygen atoms in total. The van der Waals surface area contributed by atoms with E-state index >= 15 is 0 Å². The lowest BCUT2D eigenvalue weighted by Gasteiger charge is -2.30. The Balaban J connectivity index is 1.63. The average Bonchev–Trinajstić information content (AvgIpc) is 3.45. The van der Waals surface area contributed by atoms with Crippen LogP contribution in [0.15, 0.2) is 53.4 Å². The van der Waals surface area contributed by atoms with Crippen molar-refractivity contribution in [3.8, 4) is 11.1 Å². The van der Waals surface area contributed by atoms with Crippen molar-refractivity contribution in [2.45, 2.75) is 41.9 Å². The molecule has 2 heterocycles. The summed E-state index contributed by atoms with van der Waals surface area (Å²) in [5.41, 5.74) is 0.563. The maximum Gasteiger partial charge on any atom is 0.243 e. The SMILES string of the molecule is CC(CC1COCC1(O)c1ccc(-c2ccccc2S(=O)(=O)N2CCCC2)cc1)S(N)(=O)=O. The Labute approximate surface area is 195 Å². The summed E-state index contributed by atoms with van der Waals surface area (Å²) in [6.45, 7) is 2.86. The van der Waals surface area contributed by atoms with E-state index in [1.807, 2.05) is 0 Å². The van der Waals surface area contributed by atoms with Gasteiger partial charge in [0, 0.05) is 24.6 Å². The molecule has 2 saturated heterocycles. The van der Waals surface area contributed by atoms with Crippen molar-refractivity contribution in [3.63, 3.8) is 0 Å². The number of nitrogens with two attached hydrogens (primary N) is 1. The van der Waals surface area contributed by atoms with Gasteiger partial charge >= 0.3 is 0 Å². The van der Waals surface area contributed by atoms with Gasteiger partial charge in [0.05, 0.1) is 23.4 Å². The third-order valence-corrected chi connectivity index (χ3v) is 10.0. The van der Waals surface area contributed by atoms with Crippen molar-refractivity contribution in [3.05, 3.63) is 54.1 Å². The number of hydrogen-bond donors (Lipinski definition) is 2. The first-order valence-corrected chi connectivity index (χ1v) is 14.1. The highest BCUT2D eigenvalue weighted by atomic mass is 32.2. The van der Waals surface area contributed by atoms with Crippen molar-refractivity contribution < 1.29 is 26.7 Å². The Morgan fingerprint density at radius 3 is 2.36 bits per heavy atom. The van der Waals surface area contributed by atoms with Crippen LogP contribution in [-0.4, -0.2) is 57.8 Å². The van der Waals surface area contributed by atoms with Crippen LogP contribution < -0.4 is 5.14 Å². The fraction of sp³-hybridized carbons (Fsp3) is 0.478. The lowest BCUT2D eigenvalue weighted by Crippen LogP contribution is -2.38. The molecule has 3 atom stereocenters. The number of benzene rings is 2. The van der Waals surface area contributed by atoms with E-state index in [1.165, 1.54) is 11.2 Å². The molecule has 0 aliphatic carbocycles. The molecule has 2 aliphatic rings. The largest absolute Gasteiger partial charge is 0.382 e. The topological polar surface area (TPSA) is 127 Å². The summed E-state index contributed by atoms with van der Waals surface area (Å²) in [4.78, 5) is 0.266. The highest BCUT2D eigenvalue weighted by Crippen LogP contribution is 2.40. The average molecular weight is 495 g/mol. The number of primary sulfonamides is 1. The van der Waals surface area contributed by atoms with Crippen molar-refractivity contribution >= 4 is 20.0 Å². The van der Waals surface area contributed by atoms with Gasteiger partial charge < -0.3 is 9.84 Å². The molecule has 0 aromatic heterocycles. The van der Waals surface area contributed by atoms with Gasteiger partial charge in [-0.15, -0.1) is 0 Å². The summed E-state index contributed by atoms with van der Waals surface area (Å²) in [6, 6.07) is 14.0. The first-order valence-electron chi connectivity index (χ1n) is 11.1. The zero-order valence-electron chi connectivity index (χ0n) is 18.6. The molecule has 2 aromatic carbocycles. The molecular weight excluding hydrogens is 464 g/mol. The van der Waals surface area contributed by atoms with Crippen LogP contribution in [-0.2, 0) is 30.4 Å². The first kappa shape index (κ1) is 24.3. The van der Waals surface area contributed by atoms with Crippen LogP contribution in [0.4, 0.5) is 0 Å². The van der Waals surface area contributed by atoms with E-state index < -0.39 is 36.8 Å². The molecule has 10 heteroatoms. The van der Waals surface area contributed by atoms with Crippen LogP contribution >= 0.6 is 0 Å². The molecule has 2 aliphatic heterocycles. The molecule has 33 heavy (non-hydrogen) atoms. The Bertz CT molecular complexity index is 1210. The molecule has 180 valence electrons. The Morgan fingerprint density at radius 1 is 1.09 bits per heavy atom. The van der Waals surface area contributed by atoms with Crippen molar-refractivity contribution in [2.75, 3.05) is 26.3 Å². The molecule has 2 aromatic rings. The van der Waals surface area contributed by atoms with Crippen LogP contribution in [0, 0.1) is 5.92 Å². The zero-order chi connectivity index (χ0) is 23.9. The van der Waals surface area contributed by atoms with E-state index in [1.54, 1.807) is 48.5 Å². The molecule has 0 radical (unpaired) electrons. The van der Waals surface area contributed by atoms with E-state index in [2.05, 4.69) is 0 Å². The second-order valence-electron chi connectivity index (χ2n) is 8.96. The highest BCUT2D eigenvalue weighted by molar-refractivity contribution is 7.89. The number of sulfonamides is 2. The smallest absolute Gasteiger partial charge is 0.243 e. The lowest BCUT2D eigenvalue weighted by atomic mass is 9.81. The van der Waals surface area contributed by atoms with Crippen LogP contribution in [0.5, 0.6) is 0 Å². The molecule has 0 saturated carbocycles. The molecule has 4 rings (SSSR count). The summed E-state index contributed by atoms with van der Waals surface area (Å²) in [7, 11) is -7.32. The third-order valence-electron chi connectivity index (χ3n) is 6.76. The van der Waals surface area contributed by atoms with Crippen LogP contribution in [0.1, 0.15) is 31.7 Å². The Kier molecular flexibility index (Phi) is 6.69. The van der Waals surface area contributed by atoms with Gasteiger partial charge in [0.25, 0.3) is 0 Å². The second-order valence-corrected chi connectivity index (χ2v) is 12.8. The monoisotopic (exact) mass is 494 g/mol. The van der Waals surface area contributed by atoms with Gasteiger partial charge in [0.1, 0.15) is 5.60 Å². The van der Waals surface area contributed by atoms with Crippen LogP contribution in [0.3, 0.4) is 0 Å². The van der Waals surface area contributed by atoms with E-state index in [-0.39, 0.29) is 24.5 Å². The van der Waals surface area contributed by atoms with Crippen molar-refractivity contribution in [1.82, 2.24) is 4.31 Å². The minimum atomic E-state index is -3.72. The van der Waals surface area contributed by atoms with Gasteiger partial charge in [-0.1, -0.05) is 42.5 Å².